The molecule has 2 rings (SSSR count). The summed E-state index contributed by atoms with van der Waals surface area (Å²) in [6.07, 6.45) is 2.42. The normalized spacial score (nSPS) is 9.85. The Morgan fingerprint density at radius 1 is 1.19 bits per heavy atom. The molecule has 0 unspecified atom stereocenters. The third-order valence-electron chi connectivity index (χ3n) is 3.76. The number of nitrogens with zero attached hydrogens (tertiary/aromatic N) is 2. The standard InChI is InChI=1S/C19H24FN3O2.2ClH/c1-25-13-11-21-14-19(24)23(12-9-18-4-2-3-10-22-18)15-16-5-7-17(20)8-6-16;;/h2-8,10,21H,9,11-15H2,1H3;2*1H. The highest BCUT2D eigenvalue weighted by molar-refractivity contribution is 5.85. The van der Waals surface area contributed by atoms with E-state index in [9.17, 15) is 9.18 Å². The first-order valence-electron chi connectivity index (χ1n) is 8.31. The van der Waals surface area contributed by atoms with Gasteiger partial charge in [0, 0.05) is 45.1 Å². The van der Waals surface area contributed by atoms with Crippen molar-refractivity contribution < 1.29 is 13.9 Å². The van der Waals surface area contributed by atoms with Crippen LogP contribution in [0, 0.1) is 5.82 Å². The summed E-state index contributed by atoms with van der Waals surface area (Å²) in [5, 5.41) is 3.07. The quantitative estimate of drug-likeness (QED) is 0.603. The summed E-state index contributed by atoms with van der Waals surface area (Å²) in [7, 11) is 1.62. The number of aromatic nitrogens is 1. The van der Waals surface area contributed by atoms with Gasteiger partial charge < -0.3 is 15.0 Å². The SMILES string of the molecule is COCCNCC(=O)N(CCc1ccccn1)Cc1ccc(F)cc1.Cl.Cl. The van der Waals surface area contributed by atoms with Crippen LogP contribution >= 0.6 is 24.8 Å². The minimum absolute atomic E-state index is 0. The summed E-state index contributed by atoms with van der Waals surface area (Å²) in [5.41, 5.74) is 1.83. The third kappa shape index (κ3) is 9.68. The van der Waals surface area contributed by atoms with Crippen LogP contribution in [0.3, 0.4) is 0 Å². The number of ether oxygens (including phenoxy) is 1. The molecule has 0 fully saturated rings. The van der Waals surface area contributed by atoms with Crippen molar-refractivity contribution in [1.82, 2.24) is 15.2 Å². The first-order valence-corrected chi connectivity index (χ1v) is 8.31. The second-order valence-electron chi connectivity index (χ2n) is 5.68. The molecule has 0 saturated carbocycles. The number of hydrogen-bond acceptors (Lipinski definition) is 4. The van der Waals surface area contributed by atoms with Crippen LogP contribution in [-0.2, 0) is 22.5 Å². The first-order chi connectivity index (χ1) is 12.2. The Morgan fingerprint density at radius 3 is 2.56 bits per heavy atom. The van der Waals surface area contributed by atoms with Crippen LogP contribution < -0.4 is 5.32 Å². The maximum absolute atomic E-state index is 13.1. The molecule has 0 aliphatic rings. The zero-order chi connectivity index (χ0) is 17.9. The molecule has 1 N–H and O–H groups in total. The van der Waals surface area contributed by atoms with E-state index in [0.29, 0.717) is 32.7 Å². The summed E-state index contributed by atoms with van der Waals surface area (Å²) < 4.78 is 18.0. The molecule has 0 spiro atoms. The lowest BCUT2D eigenvalue weighted by Crippen LogP contribution is -2.39. The number of rotatable bonds is 10. The number of carbonyl (C=O) groups excluding carboxylic acids is 1. The molecule has 150 valence electrons. The van der Waals surface area contributed by atoms with Crippen LogP contribution in [0.5, 0.6) is 0 Å². The number of amides is 1. The number of methoxy groups -OCH3 is 1. The highest BCUT2D eigenvalue weighted by Crippen LogP contribution is 2.08. The molecule has 2 aromatic rings. The number of nitrogens with one attached hydrogen (secondary N) is 1. The van der Waals surface area contributed by atoms with Gasteiger partial charge in [0.1, 0.15) is 5.82 Å². The second kappa shape index (κ2) is 14.3. The van der Waals surface area contributed by atoms with Crippen molar-refractivity contribution in [3.05, 3.63) is 65.7 Å². The lowest BCUT2D eigenvalue weighted by atomic mass is 10.2. The zero-order valence-electron chi connectivity index (χ0n) is 15.3. The molecule has 0 atom stereocenters. The summed E-state index contributed by atoms with van der Waals surface area (Å²) >= 11 is 0. The largest absolute Gasteiger partial charge is 0.383 e. The molecule has 1 aromatic heterocycles. The fourth-order valence-corrected chi connectivity index (χ4v) is 2.38. The fourth-order valence-electron chi connectivity index (χ4n) is 2.38. The molecule has 0 aliphatic heterocycles. The predicted octanol–water partition coefficient (Wildman–Crippen LogP) is 2.87. The molecule has 8 heteroatoms. The number of hydrogen-bond donors (Lipinski definition) is 1. The summed E-state index contributed by atoms with van der Waals surface area (Å²) in [6, 6.07) is 12.0. The van der Waals surface area contributed by atoms with Crippen LogP contribution in [0.1, 0.15) is 11.3 Å². The van der Waals surface area contributed by atoms with E-state index >= 15 is 0 Å². The van der Waals surface area contributed by atoms with Gasteiger partial charge in [0.25, 0.3) is 0 Å². The highest BCUT2D eigenvalue weighted by atomic mass is 35.5. The van der Waals surface area contributed by atoms with Gasteiger partial charge in [-0.2, -0.15) is 0 Å². The van der Waals surface area contributed by atoms with Crippen molar-refractivity contribution in [2.45, 2.75) is 13.0 Å². The Balaban J connectivity index is 0.00000338. The first kappa shape index (κ1) is 25.3. The number of benzene rings is 1. The fraction of sp³-hybridized carbons (Fsp3) is 0.368. The Hall–Kier alpha value is -1.73. The summed E-state index contributed by atoms with van der Waals surface area (Å²) in [6.45, 7) is 2.41. The van der Waals surface area contributed by atoms with Gasteiger partial charge in [-0.1, -0.05) is 18.2 Å². The van der Waals surface area contributed by atoms with Gasteiger partial charge in [-0.05, 0) is 29.8 Å². The molecule has 0 radical (unpaired) electrons. The van der Waals surface area contributed by atoms with Crippen LogP contribution in [0.4, 0.5) is 4.39 Å². The average molecular weight is 418 g/mol. The van der Waals surface area contributed by atoms with E-state index in [1.54, 1.807) is 30.3 Å². The number of carbonyl (C=O) groups is 1. The van der Waals surface area contributed by atoms with Crippen molar-refractivity contribution in [3.8, 4) is 0 Å². The summed E-state index contributed by atoms with van der Waals surface area (Å²) in [5.74, 6) is -0.285. The van der Waals surface area contributed by atoms with Crippen molar-refractivity contribution in [2.24, 2.45) is 0 Å². The molecule has 0 aliphatic carbocycles. The van der Waals surface area contributed by atoms with Crippen LogP contribution in [0.2, 0.25) is 0 Å². The van der Waals surface area contributed by atoms with Gasteiger partial charge in [-0.15, -0.1) is 24.8 Å². The third-order valence-corrected chi connectivity index (χ3v) is 3.76. The second-order valence-corrected chi connectivity index (χ2v) is 5.68. The van der Waals surface area contributed by atoms with Crippen molar-refractivity contribution >= 4 is 30.7 Å². The summed E-state index contributed by atoms with van der Waals surface area (Å²) in [4.78, 5) is 18.6. The number of halogens is 3. The zero-order valence-corrected chi connectivity index (χ0v) is 16.9. The topological polar surface area (TPSA) is 54.5 Å². The molecular weight excluding hydrogens is 392 g/mol. The number of pyridine rings is 1. The van der Waals surface area contributed by atoms with Gasteiger partial charge in [0.15, 0.2) is 0 Å². The van der Waals surface area contributed by atoms with Crippen LogP contribution in [-0.4, -0.2) is 49.1 Å². The Morgan fingerprint density at radius 2 is 1.93 bits per heavy atom. The van der Waals surface area contributed by atoms with Gasteiger partial charge in [-0.25, -0.2) is 4.39 Å². The molecule has 1 aromatic carbocycles. The van der Waals surface area contributed by atoms with Gasteiger partial charge in [0.2, 0.25) is 5.91 Å². The van der Waals surface area contributed by atoms with E-state index in [4.69, 9.17) is 4.74 Å². The molecule has 1 amide bonds. The Kier molecular flexibility index (Phi) is 13.4. The van der Waals surface area contributed by atoms with E-state index in [2.05, 4.69) is 10.3 Å². The monoisotopic (exact) mass is 417 g/mol. The van der Waals surface area contributed by atoms with Crippen molar-refractivity contribution in [1.29, 1.82) is 0 Å². The van der Waals surface area contributed by atoms with Crippen molar-refractivity contribution in [2.75, 3.05) is 33.4 Å². The maximum Gasteiger partial charge on any atom is 0.236 e. The van der Waals surface area contributed by atoms with Gasteiger partial charge in [0.05, 0.1) is 13.2 Å². The predicted molar refractivity (Wildman–Crippen MR) is 109 cm³/mol. The molecule has 1 heterocycles. The van der Waals surface area contributed by atoms with E-state index < -0.39 is 0 Å². The van der Waals surface area contributed by atoms with Crippen molar-refractivity contribution in [3.63, 3.8) is 0 Å². The van der Waals surface area contributed by atoms with E-state index in [1.165, 1.54) is 12.1 Å². The molecule has 0 saturated heterocycles. The lowest BCUT2D eigenvalue weighted by molar-refractivity contribution is -0.130. The Bertz CT molecular complexity index is 645. The molecule has 5 nitrogen and oxygen atoms in total. The van der Waals surface area contributed by atoms with E-state index in [-0.39, 0.29) is 43.1 Å². The average Bonchev–Trinajstić information content (AvgIpc) is 2.64. The van der Waals surface area contributed by atoms with Gasteiger partial charge >= 0.3 is 0 Å². The van der Waals surface area contributed by atoms with E-state index in [0.717, 1.165) is 11.3 Å². The smallest absolute Gasteiger partial charge is 0.236 e. The molecular formula is C19H26Cl2FN3O2. The van der Waals surface area contributed by atoms with E-state index in [1.807, 2.05) is 18.2 Å². The van der Waals surface area contributed by atoms with Gasteiger partial charge in [-0.3, -0.25) is 9.78 Å². The molecule has 27 heavy (non-hydrogen) atoms. The Labute approximate surface area is 172 Å². The lowest BCUT2D eigenvalue weighted by Gasteiger charge is -2.23. The minimum atomic E-state index is -0.281. The minimum Gasteiger partial charge on any atom is -0.383 e. The van der Waals surface area contributed by atoms with Crippen LogP contribution in [0.15, 0.2) is 48.7 Å². The van der Waals surface area contributed by atoms with Crippen LogP contribution in [0.25, 0.3) is 0 Å². The molecule has 0 bridgehead atoms. The highest BCUT2D eigenvalue weighted by Gasteiger charge is 2.14. The maximum atomic E-state index is 13.1.